The maximum atomic E-state index is 12.0. The molecule has 3 amide bonds. The number of carbonyl (C=O) groups excluding carboxylic acids is 2. The summed E-state index contributed by atoms with van der Waals surface area (Å²) in [5.41, 5.74) is 0. The van der Waals surface area contributed by atoms with Gasteiger partial charge in [0, 0.05) is 35.8 Å². The number of nitrogens with one attached hydrogen (secondary N) is 2. The second kappa shape index (κ2) is 8.17. The summed E-state index contributed by atoms with van der Waals surface area (Å²) in [4.78, 5) is 28.1. The van der Waals surface area contributed by atoms with Gasteiger partial charge in [0.05, 0.1) is 6.04 Å². The number of hydrogen-bond donors (Lipinski definition) is 2. The molecule has 1 fully saturated rings. The lowest BCUT2D eigenvalue weighted by Gasteiger charge is -2.26. The van der Waals surface area contributed by atoms with Gasteiger partial charge in [0.15, 0.2) is 0 Å². The van der Waals surface area contributed by atoms with Crippen molar-refractivity contribution in [1.29, 1.82) is 0 Å². The molecule has 2 heterocycles. The van der Waals surface area contributed by atoms with Crippen molar-refractivity contribution in [3.63, 3.8) is 0 Å². The third-order valence-corrected chi connectivity index (χ3v) is 5.05. The van der Waals surface area contributed by atoms with E-state index in [9.17, 15) is 9.59 Å². The molecule has 0 aliphatic carbocycles. The minimum Gasteiger partial charge on any atom is -0.343 e. The molecule has 22 heavy (non-hydrogen) atoms. The molecular formula is C16H25N3O2S. The highest BCUT2D eigenvalue weighted by Crippen LogP contribution is 2.21. The van der Waals surface area contributed by atoms with Gasteiger partial charge in [0.1, 0.15) is 0 Å². The lowest BCUT2D eigenvalue weighted by molar-refractivity contribution is -0.131. The maximum Gasteiger partial charge on any atom is 0.315 e. The van der Waals surface area contributed by atoms with Crippen molar-refractivity contribution in [2.24, 2.45) is 0 Å². The smallest absolute Gasteiger partial charge is 0.315 e. The van der Waals surface area contributed by atoms with Crippen LogP contribution in [0.3, 0.4) is 0 Å². The fourth-order valence-electron chi connectivity index (χ4n) is 2.59. The summed E-state index contributed by atoms with van der Waals surface area (Å²) in [5, 5.41) is 5.67. The third-order valence-electron chi connectivity index (χ3n) is 3.87. The minimum atomic E-state index is -0.218. The van der Waals surface area contributed by atoms with Gasteiger partial charge >= 0.3 is 6.03 Å². The summed E-state index contributed by atoms with van der Waals surface area (Å²) >= 11 is 1.68. The summed E-state index contributed by atoms with van der Waals surface area (Å²) in [6, 6.07) is 3.85. The maximum absolute atomic E-state index is 12.0. The predicted molar refractivity (Wildman–Crippen MR) is 89.1 cm³/mol. The number of aryl methyl sites for hydroxylation is 1. The van der Waals surface area contributed by atoms with Crippen molar-refractivity contribution in [1.82, 2.24) is 15.5 Å². The first-order valence-electron chi connectivity index (χ1n) is 7.95. The third kappa shape index (κ3) is 5.02. The van der Waals surface area contributed by atoms with E-state index in [1.165, 1.54) is 11.3 Å². The number of hydrogen-bond acceptors (Lipinski definition) is 3. The van der Waals surface area contributed by atoms with Crippen LogP contribution in [0.25, 0.3) is 0 Å². The second-order valence-corrected chi connectivity index (χ2v) is 7.08. The quantitative estimate of drug-likeness (QED) is 0.875. The monoisotopic (exact) mass is 323 g/mol. The molecule has 1 atom stereocenters. The van der Waals surface area contributed by atoms with Gasteiger partial charge in [-0.1, -0.05) is 0 Å². The van der Waals surface area contributed by atoms with Gasteiger partial charge in [-0.3, -0.25) is 4.79 Å². The van der Waals surface area contributed by atoms with Gasteiger partial charge in [-0.15, -0.1) is 11.3 Å². The molecule has 0 aromatic carbocycles. The molecule has 122 valence electrons. The molecule has 1 aliphatic rings. The van der Waals surface area contributed by atoms with Gasteiger partial charge in [0.25, 0.3) is 0 Å². The largest absolute Gasteiger partial charge is 0.343 e. The number of likely N-dealkylation sites (tertiary alicyclic amines) is 1. The molecule has 6 heteroatoms. The first-order valence-corrected chi connectivity index (χ1v) is 8.76. The Morgan fingerprint density at radius 2 is 2.00 bits per heavy atom. The van der Waals surface area contributed by atoms with Crippen molar-refractivity contribution in [3.05, 3.63) is 21.9 Å². The van der Waals surface area contributed by atoms with Crippen LogP contribution in [0.5, 0.6) is 0 Å². The fraction of sp³-hybridized carbons (Fsp3) is 0.625. The van der Waals surface area contributed by atoms with Crippen LogP contribution in [0, 0.1) is 6.92 Å². The molecule has 1 aromatic rings. The topological polar surface area (TPSA) is 61.4 Å². The fourth-order valence-corrected chi connectivity index (χ4v) is 3.47. The predicted octanol–water partition coefficient (Wildman–Crippen LogP) is 2.82. The lowest BCUT2D eigenvalue weighted by atomic mass is 10.1. The van der Waals surface area contributed by atoms with Crippen LogP contribution in [-0.2, 0) is 4.79 Å². The van der Waals surface area contributed by atoms with Crippen LogP contribution in [0.1, 0.15) is 48.4 Å². The number of thiophene rings is 1. The molecule has 0 spiro atoms. The summed E-state index contributed by atoms with van der Waals surface area (Å²) in [5.74, 6) is 0.141. The van der Waals surface area contributed by atoms with Crippen LogP contribution in [-0.4, -0.2) is 36.5 Å². The molecule has 1 aliphatic heterocycles. The molecule has 2 N–H and O–H groups in total. The van der Waals surface area contributed by atoms with E-state index >= 15 is 0 Å². The first-order chi connectivity index (χ1) is 10.6. The van der Waals surface area contributed by atoms with Gasteiger partial charge in [0.2, 0.25) is 5.91 Å². The van der Waals surface area contributed by atoms with Crippen molar-refractivity contribution >= 4 is 23.3 Å². The molecule has 1 unspecified atom stereocenters. The Balaban J connectivity index is 1.66. The first kappa shape index (κ1) is 16.8. The standard InChI is InChI=1S/C16H25N3O2S/c1-12-6-7-14(22-12)13(2)18-16(21)17-9-8-15(20)19-10-4-3-5-11-19/h6-7,13H,3-5,8-11H2,1-2H3,(H2,17,18,21). The van der Waals surface area contributed by atoms with Crippen LogP contribution in [0.4, 0.5) is 4.79 Å². The molecule has 1 aromatic heterocycles. The molecular weight excluding hydrogens is 298 g/mol. The molecule has 1 saturated heterocycles. The Morgan fingerprint density at radius 3 is 2.64 bits per heavy atom. The molecule has 2 rings (SSSR count). The Labute approximate surface area is 136 Å². The molecule has 0 saturated carbocycles. The van der Waals surface area contributed by atoms with Gasteiger partial charge in [-0.25, -0.2) is 4.79 Å². The normalized spacial score (nSPS) is 16.2. The van der Waals surface area contributed by atoms with Crippen LogP contribution >= 0.6 is 11.3 Å². The molecule has 0 radical (unpaired) electrons. The van der Waals surface area contributed by atoms with E-state index in [4.69, 9.17) is 0 Å². The Bertz CT molecular complexity index is 509. The number of carbonyl (C=O) groups is 2. The average Bonchev–Trinajstić information content (AvgIpc) is 2.94. The summed E-state index contributed by atoms with van der Waals surface area (Å²) in [6.45, 7) is 6.12. The number of urea groups is 1. The highest BCUT2D eigenvalue weighted by molar-refractivity contribution is 7.12. The minimum absolute atomic E-state index is 0.0171. The van der Waals surface area contributed by atoms with E-state index < -0.39 is 0 Å². The van der Waals surface area contributed by atoms with E-state index in [0.29, 0.717) is 13.0 Å². The zero-order valence-corrected chi connectivity index (χ0v) is 14.2. The van der Waals surface area contributed by atoms with Crippen LogP contribution in [0.2, 0.25) is 0 Å². The van der Waals surface area contributed by atoms with E-state index in [1.807, 2.05) is 30.9 Å². The lowest BCUT2D eigenvalue weighted by Crippen LogP contribution is -2.40. The Morgan fingerprint density at radius 1 is 1.27 bits per heavy atom. The zero-order chi connectivity index (χ0) is 15.9. The second-order valence-electron chi connectivity index (χ2n) is 5.76. The molecule has 0 bridgehead atoms. The summed E-state index contributed by atoms with van der Waals surface area (Å²) in [6.07, 6.45) is 3.78. The van der Waals surface area contributed by atoms with Crippen LogP contribution < -0.4 is 10.6 Å². The van der Waals surface area contributed by atoms with E-state index in [-0.39, 0.29) is 18.0 Å². The number of nitrogens with zero attached hydrogens (tertiary/aromatic N) is 1. The van der Waals surface area contributed by atoms with E-state index in [1.54, 1.807) is 11.3 Å². The van der Waals surface area contributed by atoms with Gasteiger partial charge < -0.3 is 15.5 Å². The van der Waals surface area contributed by atoms with Crippen molar-refractivity contribution in [2.45, 2.75) is 45.6 Å². The van der Waals surface area contributed by atoms with Crippen LogP contribution in [0.15, 0.2) is 12.1 Å². The Kier molecular flexibility index (Phi) is 6.24. The van der Waals surface area contributed by atoms with E-state index in [2.05, 4.69) is 10.6 Å². The van der Waals surface area contributed by atoms with Gasteiger partial charge in [-0.05, 0) is 45.2 Å². The Hall–Kier alpha value is -1.56. The highest BCUT2D eigenvalue weighted by atomic mass is 32.1. The van der Waals surface area contributed by atoms with Crippen molar-refractivity contribution in [3.8, 4) is 0 Å². The highest BCUT2D eigenvalue weighted by Gasteiger charge is 2.16. The van der Waals surface area contributed by atoms with Gasteiger partial charge in [-0.2, -0.15) is 0 Å². The van der Waals surface area contributed by atoms with Crippen molar-refractivity contribution in [2.75, 3.05) is 19.6 Å². The molecule has 5 nitrogen and oxygen atoms in total. The van der Waals surface area contributed by atoms with Crippen molar-refractivity contribution < 1.29 is 9.59 Å². The summed E-state index contributed by atoms with van der Waals surface area (Å²) in [7, 11) is 0. The average molecular weight is 323 g/mol. The SMILES string of the molecule is Cc1ccc(C(C)NC(=O)NCCC(=O)N2CCCCC2)s1. The number of amides is 3. The zero-order valence-electron chi connectivity index (χ0n) is 13.4. The summed E-state index contributed by atoms with van der Waals surface area (Å²) < 4.78 is 0. The number of rotatable bonds is 5. The van der Waals surface area contributed by atoms with E-state index in [0.717, 1.165) is 30.8 Å². The number of piperidine rings is 1.